The molecular formula is C22H31N3O4. The number of nitrogens with zero attached hydrogens (tertiary/aromatic N) is 2. The standard InChI is InChI=1S/C22H31N3O4/c26-21(23-18-5-6-19-20(15-18)29-14-13-28-19)16-24-11-7-17(8-12-24)22(27)25-9-3-1-2-4-10-25/h5-6,15,17H,1-4,7-14,16H2,(H,23,26). The Labute approximate surface area is 172 Å². The van der Waals surface area contributed by atoms with Gasteiger partial charge in [0, 0.05) is 30.8 Å². The van der Waals surface area contributed by atoms with E-state index in [1.165, 1.54) is 12.8 Å². The summed E-state index contributed by atoms with van der Waals surface area (Å²) in [6.45, 7) is 4.83. The summed E-state index contributed by atoms with van der Waals surface area (Å²) in [4.78, 5) is 29.5. The molecule has 7 nitrogen and oxygen atoms in total. The number of rotatable bonds is 4. The molecule has 1 aromatic carbocycles. The van der Waals surface area contributed by atoms with Crippen molar-refractivity contribution in [3.8, 4) is 11.5 Å². The van der Waals surface area contributed by atoms with E-state index in [9.17, 15) is 9.59 Å². The van der Waals surface area contributed by atoms with E-state index in [0.29, 0.717) is 42.9 Å². The normalized spacial score (nSPS) is 20.8. The lowest BCUT2D eigenvalue weighted by atomic mass is 9.95. The first-order chi connectivity index (χ1) is 14.2. The summed E-state index contributed by atoms with van der Waals surface area (Å²) in [5.74, 6) is 1.78. The van der Waals surface area contributed by atoms with Gasteiger partial charge in [-0.1, -0.05) is 12.8 Å². The molecule has 3 aliphatic rings. The van der Waals surface area contributed by atoms with Crippen LogP contribution >= 0.6 is 0 Å². The van der Waals surface area contributed by atoms with Crippen LogP contribution in [0.25, 0.3) is 0 Å². The molecule has 0 aromatic heterocycles. The molecule has 0 spiro atoms. The Hall–Kier alpha value is -2.28. The zero-order chi connectivity index (χ0) is 20.1. The summed E-state index contributed by atoms with van der Waals surface area (Å²) in [7, 11) is 0. The van der Waals surface area contributed by atoms with E-state index < -0.39 is 0 Å². The molecule has 4 rings (SSSR count). The van der Waals surface area contributed by atoms with Gasteiger partial charge in [0.05, 0.1) is 6.54 Å². The molecule has 7 heteroatoms. The van der Waals surface area contributed by atoms with Crippen molar-refractivity contribution >= 4 is 17.5 Å². The van der Waals surface area contributed by atoms with Crippen molar-refractivity contribution in [2.45, 2.75) is 38.5 Å². The van der Waals surface area contributed by atoms with Crippen LogP contribution in [0.1, 0.15) is 38.5 Å². The number of carbonyl (C=O) groups excluding carboxylic acids is 2. The van der Waals surface area contributed by atoms with E-state index in [1.54, 1.807) is 6.07 Å². The van der Waals surface area contributed by atoms with Crippen LogP contribution in [0, 0.1) is 5.92 Å². The fourth-order valence-corrected chi connectivity index (χ4v) is 4.41. The second-order valence-corrected chi connectivity index (χ2v) is 8.20. The fourth-order valence-electron chi connectivity index (χ4n) is 4.41. The monoisotopic (exact) mass is 401 g/mol. The number of anilines is 1. The lowest BCUT2D eigenvalue weighted by Crippen LogP contribution is -2.44. The SMILES string of the molecule is O=C(CN1CCC(C(=O)N2CCCCCC2)CC1)Nc1ccc2c(c1)OCCO2. The van der Waals surface area contributed by atoms with Gasteiger partial charge < -0.3 is 19.7 Å². The van der Waals surface area contributed by atoms with Gasteiger partial charge in [-0.3, -0.25) is 14.5 Å². The van der Waals surface area contributed by atoms with Crippen molar-refractivity contribution in [2.75, 3.05) is 51.3 Å². The molecule has 0 radical (unpaired) electrons. The Kier molecular flexibility index (Phi) is 6.54. The lowest BCUT2D eigenvalue weighted by Gasteiger charge is -2.33. The largest absolute Gasteiger partial charge is 0.486 e. The molecule has 0 unspecified atom stereocenters. The van der Waals surface area contributed by atoms with Crippen LogP contribution in [0.4, 0.5) is 5.69 Å². The Morgan fingerprint density at radius 2 is 1.62 bits per heavy atom. The van der Waals surface area contributed by atoms with Crippen LogP contribution in [0.5, 0.6) is 11.5 Å². The average Bonchev–Trinajstić information content (AvgIpc) is 3.03. The molecule has 1 N–H and O–H groups in total. The van der Waals surface area contributed by atoms with Gasteiger partial charge in [-0.15, -0.1) is 0 Å². The van der Waals surface area contributed by atoms with Crippen LogP contribution < -0.4 is 14.8 Å². The smallest absolute Gasteiger partial charge is 0.238 e. The topological polar surface area (TPSA) is 71.1 Å². The predicted molar refractivity (Wildman–Crippen MR) is 110 cm³/mol. The zero-order valence-electron chi connectivity index (χ0n) is 17.0. The van der Waals surface area contributed by atoms with Gasteiger partial charge in [0.15, 0.2) is 11.5 Å². The maximum atomic E-state index is 12.8. The molecule has 2 fully saturated rings. The molecule has 0 aliphatic carbocycles. The van der Waals surface area contributed by atoms with Crippen molar-refractivity contribution in [3.05, 3.63) is 18.2 Å². The minimum atomic E-state index is -0.0426. The van der Waals surface area contributed by atoms with Crippen LogP contribution in [0.3, 0.4) is 0 Å². The lowest BCUT2D eigenvalue weighted by molar-refractivity contribution is -0.137. The first-order valence-electron chi connectivity index (χ1n) is 10.9. The molecule has 3 heterocycles. The summed E-state index contributed by atoms with van der Waals surface area (Å²) in [5, 5.41) is 2.94. The Bertz CT molecular complexity index is 723. The highest BCUT2D eigenvalue weighted by Gasteiger charge is 2.29. The van der Waals surface area contributed by atoms with Crippen LogP contribution in [-0.2, 0) is 9.59 Å². The quantitative estimate of drug-likeness (QED) is 0.839. The van der Waals surface area contributed by atoms with Gasteiger partial charge in [0.25, 0.3) is 0 Å². The van der Waals surface area contributed by atoms with Crippen molar-refractivity contribution < 1.29 is 19.1 Å². The fraction of sp³-hybridized carbons (Fsp3) is 0.636. The molecule has 0 atom stereocenters. The van der Waals surface area contributed by atoms with Gasteiger partial charge >= 0.3 is 0 Å². The third-order valence-electron chi connectivity index (χ3n) is 6.05. The molecule has 1 aromatic rings. The third-order valence-corrected chi connectivity index (χ3v) is 6.05. The average molecular weight is 402 g/mol. The van der Waals surface area contributed by atoms with Gasteiger partial charge in [-0.2, -0.15) is 0 Å². The highest BCUT2D eigenvalue weighted by atomic mass is 16.6. The minimum Gasteiger partial charge on any atom is -0.486 e. The Morgan fingerprint density at radius 3 is 2.34 bits per heavy atom. The van der Waals surface area contributed by atoms with Crippen molar-refractivity contribution in [1.29, 1.82) is 0 Å². The first kappa shape index (κ1) is 20.0. The molecule has 29 heavy (non-hydrogen) atoms. The van der Waals surface area contributed by atoms with Crippen LogP contribution in [-0.4, -0.2) is 67.6 Å². The number of benzene rings is 1. The van der Waals surface area contributed by atoms with Crippen LogP contribution in [0.2, 0.25) is 0 Å². The van der Waals surface area contributed by atoms with E-state index in [1.807, 2.05) is 12.1 Å². The summed E-state index contributed by atoms with van der Waals surface area (Å²) in [6, 6.07) is 5.46. The molecule has 3 aliphatic heterocycles. The summed E-state index contributed by atoms with van der Waals surface area (Å²) >= 11 is 0. The van der Waals surface area contributed by atoms with E-state index in [-0.39, 0.29) is 11.8 Å². The predicted octanol–water partition coefficient (Wildman–Crippen LogP) is 2.51. The van der Waals surface area contributed by atoms with Gasteiger partial charge in [0.1, 0.15) is 13.2 Å². The van der Waals surface area contributed by atoms with E-state index in [2.05, 4.69) is 15.1 Å². The maximum Gasteiger partial charge on any atom is 0.238 e. The number of likely N-dealkylation sites (tertiary alicyclic amines) is 2. The number of hydrogen-bond donors (Lipinski definition) is 1. The molecule has 2 amide bonds. The number of piperidine rings is 1. The first-order valence-corrected chi connectivity index (χ1v) is 10.9. The van der Waals surface area contributed by atoms with Gasteiger partial charge in [0.2, 0.25) is 11.8 Å². The highest BCUT2D eigenvalue weighted by Crippen LogP contribution is 2.32. The molecule has 2 saturated heterocycles. The van der Waals surface area contributed by atoms with E-state index in [4.69, 9.17) is 9.47 Å². The van der Waals surface area contributed by atoms with E-state index >= 15 is 0 Å². The molecule has 0 saturated carbocycles. The Balaban J connectivity index is 1.23. The molecular weight excluding hydrogens is 370 g/mol. The second-order valence-electron chi connectivity index (χ2n) is 8.20. The minimum absolute atomic E-state index is 0.0426. The third kappa shape index (κ3) is 5.21. The number of fused-ring (bicyclic) bond motifs is 1. The number of nitrogens with one attached hydrogen (secondary N) is 1. The van der Waals surface area contributed by atoms with E-state index in [0.717, 1.165) is 51.9 Å². The van der Waals surface area contributed by atoms with Gasteiger partial charge in [-0.25, -0.2) is 0 Å². The second kappa shape index (κ2) is 9.48. The zero-order valence-corrected chi connectivity index (χ0v) is 17.0. The number of carbonyl (C=O) groups is 2. The maximum absolute atomic E-state index is 12.8. The van der Waals surface area contributed by atoms with Gasteiger partial charge in [-0.05, 0) is 50.9 Å². The molecule has 0 bridgehead atoms. The highest BCUT2D eigenvalue weighted by molar-refractivity contribution is 5.92. The number of ether oxygens (including phenoxy) is 2. The summed E-state index contributed by atoms with van der Waals surface area (Å²) < 4.78 is 11.1. The van der Waals surface area contributed by atoms with Crippen LogP contribution in [0.15, 0.2) is 18.2 Å². The molecule has 158 valence electrons. The summed E-state index contributed by atoms with van der Waals surface area (Å²) in [5.41, 5.74) is 0.713. The Morgan fingerprint density at radius 1 is 0.931 bits per heavy atom. The van der Waals surface area contributed by atoms with Crippen molar-refractivity contribution in [1.82, 2.24) is 9.80 Å². The summed E-state index contributed by atoms with van der Waals surface area (Å²) in [6.07, 6.45) is 6.41. The number of hydrogen-bond acceptors (Lipinski definition) is 5. The van der Waals surface area contributed by atoms with Crippen molar-refractivity contribution in [2.24, 2.45) is 5.92 Å². The van der Waals surface area contributed by atoms with Crippen molar-refractivity contribution in [3.63, 3.8) is 0 Å². The number of amides is 2.